The van der Waals surface area contributed by atoms with Crippen LogP contribution in [0.3, 0.4) is 0 Å². The van der Waals surface area contributed by atoms with Gasteiger partial charge in [0.05, 0.1) is 6.61 Å². The van der Waals surface area contributed by atoms with E-state index in [2.05, 4.69) is 0 Å². The van der Waals surface area contributed by atoms with Crippen LogP contribution in [0.15, 0.2) is 30.3 Å². The van der Waals surface area contributed by atoms with E-state index in [9.17, 15) is 4.79 Å². The van der Waals surface area contributed by atoms with Crippen molar-refractivity contribution in [3.05, 3.63) is 35.9 Å². The molecule has 1 atom stereocenters. The fourth-order valence-corrected chi connectivity index (χ4v) is 2.32. The van der Waals surface area contributed by atoms with Gasteiger partial charge in [0.2, 0.25) is 0 Å². The van der Waals surface area contributed by atoms with Crippen LogP contribution in [0, 0.1) is 0 Å². The average molecular weight is 266 g/mol. The fourth-order valence-electron chi connectivity index (χ4n) is 1.49. The lowest BCUT2D eigenvalue weighted by atomic mass is 10.1. The van der Waals surface area contributed by atoms with Crippen LogP contribution in [0.5, 0.6) is 0 Å². The van der Waals surface area contributed by atoms with Crippen molar-refractivity contribution in [2.45, 2.75) is 26.1 Å². The molecule has 0 heterocycles. The molecular formula is C14H22O3Si. The molecule has 0 N–H and O–H groups in total. The standard InChI is InChI=1S/C14H22O3Si/c1-12(15)18(3,4)11-17-10-14(16-2)13-8-6-5-7-9-13/h5-9,14H,10-11H2,1-4H3/t14-/m1/s1. The summed E-state index contributed by atoms with van der Waals surface area (Å²) in [4.78, 5) is 11.4. The van der Waals surface area contributed by atoms with E-state index in [4.69, 9.17) is 9.47 Å². The van der Waals surface area contributed by atoms with Gasteiger partial charge in [0.25, 0.3) is 0 Å². The molecule has 0 saturated heterocycles. The second-order valence-corrected chi connectivity index (χ2v) is 9.85. The van der Waals surface area contributed by atoms with Crippen molar-refractivity contribution in [2.24, 2.45) is 0 Å². The quantitative estimate of drug-likeness (QED) is 0.712. The van der Waals surface area contributed by atoms with Gasteiger partial charge in [-0.15, -0.1) is 0 Å². The predicted molar refractivity (Wildman–Crippen MR) is 75.2 cm³/mol. The number of rotatable bonds is 7. The monoisotopic (exact) mass is 266 g/mol. The minimum Gasteiger partial charge on any atom is -0.381 e. The summed E-state index contributed by atoms with van der Waals surface area (Å²) in [6.45, 7) is 6.20. The second kappa shape index (κ2) is 6.83. The van der Waals surface area contributed by atoms with Crippen molar-refractivity contribution in [3.8, 4) is 0 Å². The summed E-state index contributed by atoms with van der Waals surface area (Å²) < 4.78 is 11.1. The lowest BCUT2D eigenvalue weighted by molar-refractivity contribution is -0.111. The van der Waals surface area contributed by atoms with Gasteiger partial charge in [-0.3, -0.25) is 0 Å². The van der Waals surface area contributed by atoms with Crippen molar-refractivity contribution in [1.29, 1.82) is 0 Å². The Kier molecular flexibility index (Phi) is 5.72. The van der Waals surface area contributed by atoms with E-state index in [1.54, 1.807) is 14.0 Å². The van der Waals surface area contributed by atoms with Gasteiger partial charge in [-0.1, -0.05) is 43.4 Å². The van der Waals surface area contributed by atoms with E-state index < -0.39 is 8.07 Å². The van der Waals surface area contributed by atoms with Crippen LogP contribution >= 0.6 is 0 Å². The number of carbonyl (C=O) groups excluding carboxylic acids is 1. The van der Waals surface area contributed by atoms with Crippen molar-refractivity contribution < 1.29 is 14.3 Å². The number of ether oxygens (including phenoxy) is 2. The fraction of sp³-hybridized carbons (Fsp3) is 0.500. The summed E-state index contributed by atoms with van der Waals surface area (Å²) in [5.41, 5.74) is 1.10. The first-order valence-electron chi connectivity index (χ1n) is 6.14. The number of hydrogen-bond acceptors (Lipinski definition) is 3. The Morgan fingerprint density at radius 2 is 1.89 bits per heavy atom. The molecule has 3 nitrogen and oxygen atoms in total. The van der Waals surface area contributed by atoms with Gasteiger partial charge in [-0.2, -0.15) is 0 Å². The first kappa shape index (κ1) is 15.1. The Bertz CT molecular complexity index is 376. The summed E-state index contributed by atoms with van der Waals surface area (Å²) >= 11 is 0. The Morgan fingerprint density at radius 3 is 2.39 bits per heavy atom. The SMILES string of the molecule is CO[C@H](COC[Si](C)(C)C(C)=O)c1ccccc1. The summed E-state index contributed by atoms with van der Waals surface area (Å²) in [5, 5.41) is 0.274. The Balaban J connectivity index is 2.49. The van der Waals surface area contributed by atoms with Crippen LogP contribution < -0.4 is 0 Å². The summed E-state index contributed by atoms with van der Waals surface area (Å²) in [5.74, 6) is 0. The highest BCUT2D eigenvalue weighted by molar-refractivity contribution is 7.04. The minimum atomic E-state index is -1.88. The molecule has 100 valence electrons. The van der Waals surface area contributed by atoms with Crippen molar-refractivity contribution in [2.75, 3.05) is 19.9 Å². The molecule has 0 amide bonds. The molecule has 0 aromatic heterocycles. The molecule has 0 unspecified atom stereocenters. The van der Waals surface area contributed by atoms with E-state index in [1.807, 2.05) is 43.4 Å². The molecule has 18 heavy (non-hydrogen) atoms. The van der Waals surface area contributed by atoms with Crippen LogP contribution in [0.2, 0.25) is 13.1 Å². The molecule has 1 rings (SSSR count). The van der Waals surface area contributed by atoms with Gasteiger partial charge in [0.15, 0.2) is 8.07 Å². The van der Waals surface area contributed by atoms with Gasteiger partial charge >= 0.3 is 0 Å². The Labute approximate surface area is 110 Å². The topological polar surface area (TPSA) is 35.5 Å². The summed E-state index contributed by atoms with van der Waals surface area (Å²) in [6.07, 6.45) is 0.484. The maximum absolute atomic E-state index is 11.4. The number of benzene rings is 1. The maximum Gasteiger partial charge on any atom is 0.154 e. The molecule has 0 bridgehead atoms. The normalized spacial score (nSPS) is 13.3. The third-order valence-electron chi connectivity index (χ3n) is 3.14. The van der Waals surface area contributed by atoms with Crippen LogP contribution in [0.25, 0.3) is 0 Å². The smallest absolute Gasteiger partial charge is 0.154 e. The molecule has 1 aromatic carbocycles. The lowest BCUT2D eigenvalue weighted by Crippen LogP contribution is -2.41. The number of carbonyl (C=O) groups is 1. The highest BCUT2D eigenvalue weighted by atomic mass is 28.3. The summed E-state index contributed by atoms with van der Waals surface area (Å²) in [7, 11) is -0.203. The molecule has 0 aliphatic heterocycles. The highest BCUT2D eigenvalue weighted by Crippen LogP contribution is 2.17. The van der Waals surface area contributed by atoms with Crippen LogP contribution in [0.1, 0.15) is 18.6 Å². The molecular weight excluding hydrogens is 244 g/mol. The maximum atomic E-state index is 11.4. The number of methoxy groups -OCH3 is 1. The number of hydrogen-bond donors (Lipinski definition) is 0. The van der Waals surface area contributed by atoms with Crippen LogP contribution in [-0.2, 0) is 14.3 Å². The van der Waals surface area contributed by atoms with E-state index in [-0.39, 0.29) is 11.5 Å². The van der Waals surface area contributed by atoms with Crippen molar-refractivity contribution in [3.63, 3.8) is 0 Å². The lowest BCUT2D eigenvalue weighted by Gasteiger charge is -2.21. The molecule has 0 saturated carbocycles. The highest BCUT2D eigenvalue weighted by Gasteiger charge is 2.27. The second-order valence-electron chi connectivity index (χ2n) is 5.09. The molecule has 0 radical (unpaired) electrons. The average Bonchev–Trinajstić information content (AvgIpc) is 2.35. The first-order valence-corrected chi connectivity index (χ1v) is 9.34. The predicted octanol–water partition coefficient (Wildman–Crippen LogP) is 2.77. The largest absolute Gasteiger partial charge is 0.381 e. The molecule has 4 heteroatoms. The molecule has 0 aliphatic carbocycles. The zero-order chi connectivity index (χ0) is 13.6. The zero-order valence-corrected chi connectivity index (χ0v) is 12.6. The minimum absolute atomic E-state index is 0.0667. The summed E-state index contributed by atoms with van der Waals surface area (Å²) in [6, 6.07) is 9.98. The van der Waals surface area contributed by atoms with Gasteiger partial charge in [0, 0.05) is 13.3 Å². The van der Waals surface area contributed by atoms with Crippen LogP contribution in [-0.4, -0.2) is 33.4 Å². The molecule has 0 fully saturated rings. The van der Waals surface area contributed by atoms with E-state index >= 15 is 0 Å². The van der Waals surface area contributed by atoms with Gasteiger partial charge in [-0.25, -0.2) is 0 Å². The molecule has 0 spiro atoms. The van der Waals surface area contributed by atoms with E-state index in [0.717, 1.165) is 5.56 Å². The zero-order valence-electron chi connectivity index (χ0n) is 11.6. The Morgan fingerprint density at radius 1 is 1.28 bits per heavy atom. The van der Waals surface area contributed by atoms with Gasteiger partial charge < -0.3 is 14.3 Å². The molecule has 1 aromatic rings. The van der Waals surface area contributed by atoms with Gasteiger partial charge in [-0.05, 0) is 12.5 Å². The third kappa shape index (κ3) is 4.36. The third-order valence-corrected chi connectivity index (χ3v) is 5.97. The Hall–Kier alpha value is -0.973. The van der Waals surface area contributed by atoms with Gasteiger partial charge in [0.1, 0.15) is 11.5 Å². The van der Waals surface area contributed by atoms with E-state index in [1.165, 1.54) is 0 Å². The van der Waals surface area contributed by atoms with Crippen LogP contribution in [0.4, 0.5) is 0 Å². The van der Waals surface area contributed by atoms with Crippen molar-refractivity contribution in [1.82, 2.24) is 0 Å². The van der Waals surface area contributed by atoms with E-state index in [0.29, 0.717) is 12.8 Å². The van der Waals surface area contributed by atoms with Crippen molar-refractivity contribution >= 4 is 13.5 Å². The molecule has 0 aliphatic rings. The first-order chi connectivity index (χ1) is 8.47.